The lowest BCUT2D eigenvalue weighted by Gasteiger charge is -2.31. The topological polar surface area (TPSA) is 50.8 Å². The second-order valence-electron chi connectivity index (χ2n) is 7.16. The van der Waals surface area contributed by atoms with E-state index in [2.05, 4.69) is 11.4 Å². The third kappa shape index (κ3) is 3.94. The monoisotopic (exact) mass is 376 g/mol. The maximum atomic E-state index is 12.7. The van der Waals surface area contributed by atoms with E-state index in [0.29, 0.717) is 13.2 Å². The number of amides is 1. The Balaban J connectivity index is 1.36. The minimum absolute atomic E-state index is 0.0464. The van der Waals surface area contributed by atoms with Crippen LogP contribution in [-0.2, 0) is 4.79 Å². The Bertz CT molecular complexity index is 988. The molecule has 0 bridgehead atoms. The van der Waals surface area contributed by atoms with E-state index in [4.69, 9.17) is 9.47 Å². The van der Waals surface area contributed by atoms with Gasteiger partial charge in [-0.05, 0) is 49.0 Å². The van der Waals surface area contributed by atoms with Gasteiger partial charge in [-0.2, -0.15) is 0 Å². The standard InChI is InChI=1S/C23H24N2O3/c1-16(23(26)24-19-12-11-17-7-3-4-8-18(17)13-19)25(2)14-20-15-27-21-9-5-6-10-22(21)28-20/h3-13,16,20H,14-15H2,1-2H3,(H,24,26)/t16-,20+/m0/s1. The fraction of sp³-hybridized carbons (Fsp3) is 0.261. The summed E-state index contributed by atoms with van der Waals surface area (Å²) in [5.41, 5.74) is 0.801. The van der Waals surface area contributed by atoms with Crippen molar-refractivity contribution >= 4 is 22.4 Å². The summed E-state index contributed by atoms with van der Waals surface area (Å²) in [6.07, 6.45) is -0.115. The highest BCUT2D eigenvalue weighted by Gasteiger charge is 2.26. The van der Waals surface area contributed by atoms with E-state index in [1.165, 1.54) is 0 Å². The van der Waals surface area contributed by atoms with Crippen molar-refractivity contribution in [1.82, 2.24) is 4.90 Å². The number of hydrogen-bond donors (Lipinski definition) is 1. The van der Waals surface area contributed by atoms with Gasteiger partial charge in [0, 0.05) is 12.2 Å². The summed E-state index contributed by atoms with van der Waals surface area (Å²) in [5.74, 6) is 1.47. The summed E-state index contributed by atoms with van der Waals surface area (Å²) < 4.78 is 11.8. The first kappa shape index (κ1) is 18.3. The predicted molar refractivity (Wildman–Crippen MR) is 111 cm³/mol. The molecule has 1 amide bonds. The van der Waals surface area contributed by atoms with Crippen molar-refractivity contribution in [3.05, 3.63) is 66.7 Å². The number of ether oxygens (including phenoxy) is 2. The smallest absolute Gasteiger partial charge is 0.241 e. The molecule has 3 aromatic rings. The molecule has 1 heterocycles. The van der Waals surface area contributed by atoms with Gasteiger partial charge in [0.1, 0.15) is 12.7 Å². The molecule has 0 aliphatic carbocycles. The van der Waals surface area contributed by atoms with Crippen LogP contribution in [0.3, 0.4) is 0 Å². The normalized spacial score (nSPS) is 16.8. The minimum Gasteiger partial charge on any atom is -0.486 e. The number of nitrogens with one attached hydrogen (secondary N) is 1. The van der Waals surface area contributed by atoms with Gasteiger partial charge in [-0.3, -0.25) is 9.69 Å². The van der Waals surface area contributed by atoms with Crippen LogP contribution in [0.15, 0.2) is 66.7 Å². The highest BCUT2D eigenvalue weighted by molar-refractivity contribution is 5.97. The number of para-hydroxylation sites is 2. The Morgan fingerprint density at radius 2 is 1.79 bits per heavy atom. The Labute approximate surface area is 164 Å². The summed E-state index contributed by atoms with van der Waals surface area (Å²) in [5, 5.41) is 5.27. The molecule has 0 aromatic heterocycles. The van der Waals surface area contributed by atoms with Gasteiger partial charge >= 0.3 is 0 Å². The third-order valence-electron chi connectivity index (χ3n) is 5.12. The number of carbonyl (C=O) groups excluding carboxylic acids is 1. The van der Waals surface area contributed by atoms with E-state index < -0.39 is 0 Å². The molecule has 5 nitrogen and oxygen atoms in total. The van der Waals surface area contributed by atoms with Gasteiger partial charge in [-0.15, -0.1) is 0 Å². The van der Waals surface area contributed by atoms with Crippen LogP contribution in [0.4, 0.5) is 5.69 Å². The van der Waals surface area contributed by atoms with Crippen molar-refractivity contribution in [3.8, 4) is 11.5 Å². The molecule has 144 valence electrons. The van der Waals surface area contributed by atoms with E-state index in [1.54, 1.807) is 0 Å². The first-order valence-corrected chi connectivity index (χ1v) is 9.48. The van der Waals surface area contributed by atoms with E-state index in [0.717, 1.165) is 28.0 Å². The first-order chi connectivity index (χ1) is 13.6. The molecular weight excluding hydrogens is 352 g/mol. The van der Waals surface area contributed by atoms with Crippen molar-refractivity contribution in [2.75, 3.05) is 25.5 Å². The van der Waals surface area contributed by atoms with Crippen LogP contribution in [-0.4, -0.2) is 43.2 Å². The SMILES string of the molecule is C[C@@H](C(=O)Nc1ccc2ccccc2c1)N(C)C[C@@H]1COc2ccccc2O1. The number of hydrogen-bond acceptors (Lipinski definition) is 4. The highest BCUT2D eigenvalue weighted by atomic mass is 16.6. The Kier molecular flexibility index (Phi) is 5.17. The Hall–Kier alpha value is -3.05. The Morgan fingerprint density at radius 3 is 2.61 bits per heavy atom. The molecular formula is C23H24N2O3. The maximum absolute atomic E-state index is 12.7. The number of nitrogens with zero attached hydrogens (tertiary/aromatic N) is 1. The van der Waals surface area contributed by atoms with Crippen molar-refractivity contribution in [2.45, 2.75) is 19.1 Å². The third-order valence-corrected chi connectivity index (χ3v) is 5.12. The van der Waals surface area contributed by atoms with Gasteiger partial charge in [-0.1, -0.05) is 42.5 Å². The lowest BCUT2D eigenvalue weighted by atomic mass is 10.1. The largest absolute Gasteiger partial charge is 0.486 e. The fourth-order valence-corrected chi connectivity index (χ4v) is 3.35. The van der Waals surface area contributed by atoms with E-state index in [1.807, 2.05) is 79.5 Å². The molecule has 28 heavy (non-hydrogen) atoms. The molecule has 1 N–H and O–H groups in total. The van der Waals surface area contributed by atoms with E-state index >= 15 is 0 Å². The average molecular weight is 376 g/mol. The van der Waals surface area contributed by atoms with Crippen LogP contribution < -0.4 is 14.8 Å². The zero-order chi connectivity index (χ0) is 19.5. The molecule has 4 rings (SSSR count). The number of rotatable bonds is 5. The van der Waals surface area contributed by atoms with E-state index in [-0.39, 0.29) is 18.1 Å². The molecule has 0 saturated heterocycles. The molecule has 0 spiro atoms. The van der Waals surface area contributed by atoms with Crippen molar-refractivity contribution in [2.24, 2.45) is 0 Å². The first-order valence-electron chi connectivity index (χ1n) is 9.48. The van der Waals surface area contributed by atoms with Gasteiger partial charge in [-0.25, -0.2) is 0 Å². The summed E-state index contributed by atoms with van der Waals surface area (Å²) in [6, 6.07) is 21.4. The van der Waals surface area contributed by atoms with Gasteiger partial charge in [0.05, 0.1) is 6.04 Å². The quantitative estimate of drug-likeness (QED) is 0.733. The molecule has 5 heteroatoms. The lowest BCUT2D eigenvalue weighted by Crippen LogP contribution is -2.46. The molecule has 2 atom stereocenters. The molecule has 1 aliphatic heterocycles. The number of likely N-dealkylation sites (N-methyl/N-ethyl adjacent to an activating group) is 1. The summed E-state index contributed by atoms with van der Waals surface area (Å²) >= 11 is 0. The van der Waals surface area contributed by atoms with Crippen molar-refractivity contribution < 1.29 is 14.3 Å². The highest BCUT2D eigenvalue weighted by Crippen LogP contribution is 2.31. The summed E-state index contributed by atoms with van der Waals surface area (Å²) in [7, 11) is 1.93. The van der Waals surface area contributed by atoms with Crippen LogP contribution >= 0.6 is 0 Å². The molecule has 3 aromatic carbocycles. The fourth-order valence-electron chi connectivity index (χ4n) is 3.35. The van der Waals surface area contributed by atoms with Gasteiger partial charge < -0.3 is 14.8 Å². The van der Waals surface area contributed by atoms with Crippen LogP contribution in [0, 0.1) is 0 Å². The van der Waals surface area contributed by atoms with Gasteiger partial charge in [0.25, 0.3) is 0 Å². The number of benzene rings is 3. The second-order valence-corrected chi connectivity index (χ2v) is 7.16. The zero-order valence-electron chi connectivity index (χ0n) is 16.1. The number of carbonyl (C=O) groups is 1. The summed E-state index contributed by atoms with van der Waals surface area (Å²) in [4.78, 5) is 14.7. The van der Waals surface area contributed by atoms with Gasteiger partial charge in [0.2, 0.25) is 5.91 Å². The second kappa shape index (κ2) is 7.90. The lowest BCUT2D eigenvalue weighted by molar-refractivity contribution is -0.120. The Morgan fingerprint density at radius 1 is 1.07 bits per heavy atom. The van der Waals surface area contributed by atoms with Crippen LogP contribution in [0.25, 0.3) is 10.8 Å². The van der Waals surface area contributed by atoms with E-state index in [9.17, 15) is 4.79 Å². The van der Waals surface area contributed by atoms with Crippen LogP contribution in [0.5, 0.6) is 11.5 Å². The molecule has 0 saturated carbocycles. The molecule has 1 aliphatic rings. The minimum atomic E-state index is -0.299. The van der Waals surface area contributed by atoms with Crippen molar-refractivity contribution in [3.63, 3.8) is 0 Å². The molecule has 0 fully saturated rings. The maximum Gasteiger partial charge on any atom is 0.241 e. The molecule has 0 radical (unpaired) electrons. The average Bonchev–Trinajstić information content (AvgIpc) is 2.73. The van der Waals surface area contributed by atoms with Gasteiger partial charge in [0.15, 0.2) is 11.5 Å². The molecule has 0 unspecified atom stereocenters. The number of anilines is 1. The number of fused-ring (bicyclic) bond motifs is 2. The van der Waals surface area contributed by atoms with Crippen molar-refractivity contribution in [1.29, 1.82) is 0 Å². The van der Waals surface area contributed by atoms with Crippen LogP contribution in [0.2, 0.25) is 0 Å². The summed E-state index contributed by atoms with van der Waals surface area (Å²) in [6.45, 7) is 2.97. The van der Waals surface area contributed by atoms with Crippen LogP contribution in [0.1, 0.15) is 6.92 Å². The zero-order valence-corrected chi connectivity index (χ0v) is 16.1. The predicted octanol–water partition coefficient (Wildman–Crippen LogP) is 3.94.